The maximum absolute atomic E-state index is 13.2. The van der Waals surface area contributed by atoms with Crippen LogP contribution in [0.4, 0.5) is 0 Å². The van der Waals surface area contributed by atoms with Crippen LogP contribution in [0, 0.1) is 35.0 Å². The van der Waals surface area contributed by atoms with Crippen LogP contribution in [0.5, 0.6) is 0 Å². The fourth-order valence-electron chi connectivity index (χ4n) is 6.34. The molecule has 0 amide bonds. The van der Waals surface area contributed by atoms with Gasteiger partial charge >= 0.3 is 5.97 Å². The van der Waals surface area contributed by atoms with Crippen molar-refractivity contribution in [1.29, 1.82) is 0 Å². The van der Waals surface area contributed by atoms with Crippen molar-refractivity contribution >= 4 is 5.97 Å². The van der Waals surface area contributed by atoms with Gasteiger partial charge in [-0.1, -0.05) is 27.7 Å². The first-order valence-electron chi connectivity index (χ1n) is 9.96. The Morgan fingerprint density at radius 1 is 1.04 bits per heavy atom. The summed E-state index contributed by atoms with van der Waals surface area (Å²) in [7, 11) is 0. The maximum Gasteiger partial charge on any atom is 0.312 e. The molecule has 23 heavy (non-hydrogen) atoms. The Hall–Kier alpha value is -0.530. The molecule has 0 aromatic heterocycles. The van der Waals surface area contributed by atoms with E-state index in [1.165, 1.54) is 19.3 Å². The number of fused-ring (bicyclic) bond motifs is 1. The molecule has 0 aromatic carbocycles. The minimum absolute atomic E-state index is 0.0957. The van der Waals surface area contributed by atoms with Crippen LogP contribution >= 0.6 is 0 Å². The molecule has 4 atom stereocenters. The van der Waals surface area contributed by atoms with Gasteiger partial charge < -0.3 is 4.74 Å². The first-order chi connectivity index (χ1) is 10.7. The van der Waals surface area contributed by atoms with E-state index < -0.39 is 0 Å². The Labute approximate surface area is 142 Å². The Morgan fingerprint density at radius 3 is 2.26 bits per heavy atom. The highest BCUT2D eigenvalue weighted by molar-refractivity contribution is 5.77. The van der Waals surface area contributed by atoms with E-state index in [1.54, 1.807) is 0 Å². The van der Waals surface area contributed by atoms with E-state index in [0.29, 0.717) is 11.8 Å². The van der Waals surface area contributed by atoms with Gasteiger partial charge in [0.15, 0.2) is 0 Å². The maximum atomic E-state index is 13.2. The van der Waals surface area contributed by atoms with Gasteiger partial charge in [0, 0.05) is 0 Å². The lowest BCUT2D eigenvalue weighted by molar-refractivity contribution is -0.177. The number of hydrogen-bond donors (Lipinski definition) is 0. The number of hydrogen-bond acceptors (Lipinski definition) is 2. The zero-order valence-corrected chi connectivity index (χ0v) is 15.9. The Morgan fingerprint density at radius 2 is 1.65 bits per heavy atom. The molecule has 0 N–H and O–H groups in total. The highest BCUT2D eigenvalue weighted by Crippen LogP contribution is 2.60. The summed E-state index contributed by atoms with van der Waals surface area (Å²) in [5.41, 5.74) is -0.413. The van der Waals surface area contributed by atoms with Gasteiger partial charge in [-0.25, -0.2) is 0 Å². The van der Waals surface area contributed by atoms with Crippen molar-refractivity contribution in [3.63, 3.8) is 0 Å². The van der Waals surface area contributed by atoms with Crippen LogP contribution in [-0.4, -0.2) is 11.6 Å². The molecule has 0 spiro atoms. The van der Waals surface area contributed by atoms with Crippen molar-refractivity contribution in [2.75, 3.05) is 0 Å². The largest absolute Gasteiger partial charge is 0.459 e. The topological polar surface area (TPSA) is 26.3 Å². The zero-order chi connectivity index (χ0) is 16.8. The van der Waals surface area contributed by atoms with Crippen molar-refractivity contribution < 1.29 is 9.53 Å². The summed E-state index contributed by atoms with van der Waals surface area (Å²) in [5.74, 6) is 3.80. The third kappa shape index (κ3) is 3.33. The van der Waals surface area contributed by atoms with E-state index in [0.717, 1.165) is 49.9 Å². The molecule has 2 bridgehead atoms. The van der Waals surface area contributed by atoms with Crippen LogP contribution in [0.3, 0.4) is 0 Å². The molecule has 0 radical (unpaired) electrons. The van der Waals surface area contributed by atoms with E-state index in [9.17, 15) is 4.79 Å². The average Bonchev–Trinajstić information content (AvgIpc) is 2.89. The first kappa shape index (κ1) is 17.3. The lowest BCUT2D eigenvalue weighted by atomic mass is 9.75. The molecule has 132 valence electrons. The van der Waals surface area contributed by atoms with Gasteiger partial charge in [0.05, 0.1) is 5.41 Å². The highest BCUT2D eigenvalue weighted by atomic mass is 16.6. The third-order valence-electron chi connectivity index (χ3n) is 6.85. The quantitative estimate of drug-likeness (QED) is 0.596. The van der Waals surface area contributed by atoms with Crippen molar-refractivity contribution in [3.8, 4) is 0 Å². The Bertz CT molecular complexity index is 439. The predicted molar refractivity (Wildman–Crippen MR) is 94.0 cm³/mol. The minimum Gasteiger partial charge on any atom is -0.459 e. The highest BCUT2D eigenvalue weighted by Gasteiger charge is 2.57. The van der Waals surface area contributed by atoms with Gasteiger partial charge in [-0.05, 0) is 87.9 Å². The van der Waals surface area contributed by atoms with E-state index >= 15 is 0 Å². The van der Waals surface area contributed by atoms with E-state index in [2.05, 4.69) is 34.6 Å². The van der Waals surface area contributed by atoms with Crippen molar-refractivity contribution in [1.82, 2.24) is 0 Å². The van der Waals surface area contributed by atoms with Crippen LogP contribution in [0.2, 0.25) is 0 Å². The minimum atomic E-state index is -0.314. The SMILES string of the molecule is CC(C)CC(C)(CC(C)C)C(=O)OC12CCC3CCC(C1)C3C2. The molecule has 2 heteroatoms. The molecule has 2 nitrogen and oxygen atoms in total. The van der Waals surface area contributed by atoms with Gasteiger partial charge in [-0.3, -0.25) is 4.79 Å². The second-order valence-corrected chi connectivity index (χ2v) is 10.0. The second-order valence-electron chi connectivity index (χ2n) is 10.0. The summed E-state index contributed by atoms with van der Waals surface area (Å²) >= 11 is 0. The number of ether oxygens (including phenoxy) is 1. The van der Waals surface area contributed by atoms with E-state index in [4.69, 9.17) is 4.74 Å². The molecule has 3 fully saturated rings. The monoisotopic (exact) mass is 320 g/mol. The summed E-state index contributed by atoms with van der Waals surface area (Å²) < 4.78 is 6.35. The molecule has 0 heterocycles. The lowest BCUT2D eigenvalue weighted by Gasteiger charge is -2.40. The van der Waals surface area contributed by atoms with Gasteiger partial charge in [0.25, 0.3) is 0 Å². The van der Waals surface area contributed by atoms with Crippen LogP contribution in [0.1, 0.15) is 86.0 Å². The van der Waals surface area contributed by atoms with E-state index in [1.807, 2.05) is 0 Å². The number of rotatable bonds is 6. The van der Waals surface area contributed by atoms with Gasteiger partial charge in [0.1, 0.15) is 5.60 Å². The van der Waals surface area contributed by atoms with Gasteiger partial charge in [-0.2, -0.15) is 0 Å². The summed E-state index contributed by atoms with van der Waals surface area (Å²) in [5, 5.41) is 0. The molecule has 4 unspecified atom stereocenters. The molecule has 3 rings (SSSR count). The molecule has 0 aromatic rings. The van der Waals surface area contributed by atoms with Crippen LogP contribution in [-0.2, 0) is 9.53 Å². The number of carbonyl (C=O) groups is 1. The molecule has 0 aliphatic heterocycles. The first-order valence-corrected chi connectivity index (χ1v) is 9.96. The smallest absolute Gasteiger partial charge is 0.312 e. The summed E-state index contributed by atoms with van der Waals surface area (Å²) in [6.45, 7) is 11.0. The van der Waals surface area contributed by atoms with Crippen molar-refractivity contribution in [3.05, 3.63) is 0 Å². The van der Waals surface area contributed by atoms with Crippen LogP contribution in [0.15, 0.2) is 0 Å². The van der Waals surface area contributed by atoms with Crippen molar-refractivity contribution in [2.45, 2.75) is 91.6 Å². The fourth-order valence-corrected chi connectivity index (χ4v) is 6.34. The molecular weight excluding hydrogens is 284 g/mol. The molecular formula is C21H36O2. The second kappa shape index (κ2) is 6.08. The van der Waals surface area contributed by atoms with E-state index in [-0.39, 0.29) is 17.0 Å². The van der Waals surface area contributed by atoms with Gasteiger partial charge in [-0.15, -0.1) is 0 Å². The molecule has 3 aliphatic carbocycles. The number of esters is 1. The van der Waals surface area contributed by atoms with Gasteiger partial charge in [0.2, 0.25) is 0 Å². The summed E-state index contributed by atoms with van der Waals surface area (Å²) in [6.07, 6.45) is 9.41. The summed E-state index contributed by atoms with van der Waals surface area (Å²) in [6, 6.07) is 0. The normalized spacial score (nSPS) is 36.0. The lowest BCUT2D eigenvalue weighted by Crippen LogP contribution is -2.42. The van der Waals surface area contributed by atoms with Crippen LogP contribution < -0.4 is 0 Å². The number of carbonyl (C=O) groups excluding carboxylic acids is 1. The molecule has 3 saturated carbocycles. The third-order valence-corrected chi connectivity index (χ3v) is 6.85. The Balaban J connectivity index is 1.71. The van der Waals surface area contributed by atoms with Crippen LogP contribution in [0.25, 0.3) is 0 Å². The Kier molecular flexibility index (Phi) is 4.57. The predicted octanol–water partition coefficient (Wildman–Crippen LogP) is 5.60. The standard InChI is InChI=1S/C21H36O2/c1-14(2)10-20(5,11-15(3)4)19(22)23-21-9-8-16-6-7-17(12-21)18(16)13-21/h14-18H,6-13H2,1-5H3. The molecule has 0 saturated heterocycles. The van der Waals surface area contributed by atoms with Crippen molar-refractivity contribution in [2.24, 2.45) is 35.0 Å². The fraction of sp³-hybridized carbons (Fsp3) is 0.952. The zero-order valence-electron chi connectivity index (χ0n) is 15.9. The molecule has 3 aliphatic rings. The average molecular weight is 321 g/mol. The summed E-state index contributed by atoms with van der Waals surface area (Å²) in [4.78, 5) is 13.2.